The molecule has 0 aliphatic heterocycles. The molecule has 0 aliphatic carbocycles. The van der Waals surface area contributed by atoms with Gasteiger partial charge < -0.3 is 10.1 Å². The number of halogens is 1. The first-order valence-electron chi connectivity index (χ1n) is 5.21. The largest absolute Gasteiger partial charge is 0.382 e. The predicted molar refractivity (Wildman–Crippen MR) is 71.3 cm³/mol. The molecular weight excluding hydrogens is 319 g/mol. The van der Waals surface area contributed by atoms with Crippen molar-refractivity contribution in [1.29, 1.82) is 0 Å². The summed E-state index contributed by atoms with van der Waals surface area (Å²) < 4.78 is 6.20. The maximum absolute atomic E-state index is 11.5. The van der Waals surface area contributed by atoms with Crippen molar-refractivity contribution in [3.63, 3.8) is 0 Å². The first kappa shape index (κ1) is 13.4. The van der Waals surface area contributed by atoms with Crippen molar-refractivity contribution in [2.75, 3.05) is 18.5 Å². The van der Waals surface area contributed by atoms with Crippen LogP contribution >= 0.6 is 22.6 Å². The normalized spacial score (nSPS) is 10.1. The Kier molecular flexibility index (Phi) is 6.32. The number of pyridine rings is 1. The van der Waals surface area contributed by atoms with Crippen molar-refractivity contribution in [1.82, 2.24) is 4.98 Å². The molecule has 16 heavy (non-hydrogen) atoms. The van der Waals surface area contributed by atoms with Crippen molar-refractivity contribution in [2.45, 2.75) is 19.8 Å². The molecule has 1 amide bonds. The fraction of sp³-hybridized carbons (Fsp3) is 0.455. The molecule has 0 aliphatic rings. The highest BCUT2D eigenvalue weighted by atomic mass is 127. The smallest absolute Gasteiger partial charge is 0.225 e. The highest BCUT2D eigenvalue weighted by Gasteiger charge is 2.02. The highest BCUT2D eigenvalue weighted by Crippen LogP contribution is 2.07. The van der Waals surface area contributed by atoms with E-state index in [1.54, 1.807) is 12.3 Å². The van der Waals surface area contributed by atoms with Crippen LogP contribution in [-0.2, 0) is 9.53 Å². The van der Waals surface area contributed by atoms with Gasteiger partial charge in [-0.2, -0.15) is 0 Å². The van der Waals surface area contributed by atoms with E-state index in [1.165, 1.54) is 0 Å². The number of hydrogen-bond donors (Lipinski definition) is 1. The SMILES string of the molecule is CCOCCCC(=O)Nc1ccc(I)cn1. The molecule has 0 aromatic carbocycles. The van der Waals surface area contributed by atoms with E-state index < -0.39 is 0 Å². The lowest BCUT2D eigenvalue weighted by atomic mass is 10.3. The van der Waals surface area contributed by atoms with E-state index in [0.717, 1.165) is 9.99 Å². The molecule has 5 heteroatoms. The average Bonchev–Trinajstić information content (AvgIpc) is 2.28. The Morgan fingerprint density at radius 1 is 1.56 bits per heavy atom. The zero-order valence-electron chi connectivity index (χ0n) is 9.20. The van der Waals surface area contributed by atoms with Gasteiger partial charge in [-0.25, -0.2) is 4.98 Å². The second-order valence-corrected chi connectivity index (χ2v) is 4.46. The van der Waals surface area contributed by atoms with Crippen LogP contribution in [0, 0.1) is 3.57 Å². The number of carbonyl (C=O) groups is 1. The molecule has 0 atom stereocenters. The van der Waals surface area contributed by atoms with Crippen molar-refractivity contribution >= 4 is 34.3 Å². The number of ether oxygens (including phenoxy) is 1. The van der Waals surface area contributed by atoms with E-state index in [9.17, 15) is 4.79 Å². The van der Waals surface area contributed by atoms with Crippen LogP contribution in [0.5, 0.6) is 0 Å². The van der Waals surface area contributed by atoms with Gasteiger partial charge in [-0.15, -0.1) is 0 Å². The Morgan fingerprint density at radius 3 is 3.00 bits per heavy atom. The van der Waals surface area contributed by atoms with Crippen LogP contribution < -0.4 is 5.32 Å². The third-order valence-electron chi connectivity index (χ3n) is 1.89. The molecule has 1 aromatic rings. The van der Waals surface area contributed by atoms with Crippen molar-refractivity contribution in [3.05, 3.63) is 21.9 Å². The average molecular weight is 334 g/mol. The Morgan fingerprint density at radius 2 is 2.38 bits per heavy atom. The fourth-order valence-electron chi connectivity index (χ4n) is 1.13. The van der Waals surface area contributed by atoms with Gasteiger partial charge in [-0.1, -0.05) is 0 Å². The highest BCUT2D eigenvalue weighted by molar-refractivity contribution is 14.1. The van der Waals surface area contributed by atoms with Gasteiger partial charge in [0.05, 0.1) is 0 Å². The summed E-state index contributed by atoms with van der Waals surface area (Å²) in [4.78, 5) is 15.5. The van der Waals surface area contributed by atoms with Gasteiger partial charge in [0.2, 0.25) is 5.91 Å². The zero-order chi connectivity index (χ0) is 11.8. The molecular formula is C11H15IN2O2. The summed E-state index contributed by atoms with van der Waals surface area (Å²) in [7, 11) is 0. The Balaban J connectivity index is 2.26. The zero-order valence-corrected chi connectivity index (χ0v) is 11.4. The van der Waals surface area contributed by atoms with Gasteiger partial charge in [0.1, 0.15) is 5.82 Å². The van der Waals surface area contributed by atoms with Crippen LogP contribution in [0.15, 0.2) is 18.3 Å². The van der Waals surface area contributed by atoms with Crippen LogP contribution in [0.4, 0.5) is 5.82 Å². The van der Waals surface area contributed by atoms with Crippen LogP contribution in [-0.4, -0.2) is 24.1 Å². The minimum absolute atomic E-state index is 0.0200. The van der Waals surface area contributed by atoms with Gasteiger partial charge in [0, 0.05) is 29.4 Å². The van der Waals surface area contributed by atoms with E-state index in [-0.39, 0.29) is 5.91 Å². The summed E-state index contributed by atoms with van der Waals surface area (Å²) in [6.45, 7) is 3.26. The predicted octanol–water partition coefficient (Wildman–Crippen LogP) is 2.44. The standard InChI is InChI=1S/C11H15IN2O2/c1-2-16-7-3-4-11(15)14-10-6-5-9(12)8-13-10/h5-6,8H,2-4,7H2,1H3,(H,13,14,15). The number of amides is 1. The lowest BCUT2D eigenvalue weighted by Crippen LogP contribution is -2.13. The molecule has 0 saturated carbocycles. The molecule has 0 spiro atoms. The fourth-order valence-corrected chi connectivity index (χ4v) is 1.45. The molecule has 0 bridgehead atoms. The Hall–Kier alpha value is -0.690. The molecule has 1 heterocycles. The number of nitrogens with zero attached hydrogens (tertiary/aromatic N) is 1. The van der Waals surface area contributed by atoms with Gasteiger partial charge >= 0.3 is 0 Å². The Labute approximate surface area is 109 Å². The molecule has 4 nitrogen and oxygen atoms in total. The lowest BCUT2D eigenvalue weighted by molar-refractivity contribution is -0.116. The molecule has 88 valence electrons. The van der Waals surface area contributed by atoms with Crippen LogP contribution in [0.25, 0.3) is 0 Å². The van der Waals surface area contributed by atoms with Gasteiger partial charge in [-0.05, 0) is 48.1 Å². The van der Waals surface area contributed by atoms with E-state index in [4.69, 9.17) is 4.74 Å². The maximum atomic E-state index is 11.5. The van der Waals surface area contributed by atoms with Crippen LogP contribution in [0.1, 0.15) is 19.8 Å². The topological polar surface area (TPSA) is 51.2 Å². The van der Waals surface area contributed by atoms with Crippen molar-refractivity contribution in [2.24, 2.45) is 0 Å². The van der Waals surface area contributed by atoms with Crippen LogP contribution in [0.3, 0.4) is 0 Å². The summed E-state index contributed by atoms with van der Waals surface area (Å²) in [6.07, 6.45) is 2.92. The van der Waals surface area contributed by atoms with Gasteiger partial charge in [0.25, 0.3) is 0 Å². The quantitative estimate of drug-likeness (QED) is 0.642. The van der Waals surface area contributed by atoms with E-state index in [0.29, 0.717) is 25.5 Å². The summed E-state index contributed by atoms with van der Waals surface area (Å²) >= 11 is 2.17. The summed E-state index contributed by atoms with van der Waals surface area (Å²) in [5.74, 6) is 0.579. The number of aromatic nitrogens is 1. The minimum Gasteiger partial charge on any atom is -0.382 e. The summed E-state index contributed by atoms with van der Waals surface area (Å²) in [5.41, 5.74) is 0. The third-order valence-corrected chi connectivity index (χ3v) is 2.53. The first-order chi connectivity index (χ1) is 7.72. The van der Waals surface area contributed by atoms with E-state index >= 15 is 0 Å². The number of rotatable bonds is 6. The Bertz CT molecular complexity index is 327. The summed E-state index contributed by atoms with van der Waals surface area (Å²) in [6, 6.07) is 3.70. The first-order valence-corrected chi connectivity index (χ1v) is 6.29. The number of hydrogen-bond acceptors (Lipinski definition) is 3. The number of carbonyl (C=O) groups excluding carboxylic acids is 1. The van der Waals surface area contributed by atoms with E-state index in [2.05, 4.69) is 32.9 Å². The molecule has 1 N–H and O–H groups in total. The van der Waals surface area contributed by atoms with Crippen molar-refractivity contribution < 1.29 is 9.53 Å². The number of anilines is 1. The summed E-state index contributed by atoms with van der Waals surface area (Å²) in [5, 5.41) is 2.74. The molecule has 0 unspecified atom stereocenters. The van der Waals surface area contributed by atoms with Gasteiger partial charge in [0.15, 0.2) is 0 Å². The third kappa shape index (κ3) is 5.41. The maximum Gasteiger partial charge on any atom is 0.225 e. The van der Waals surface area contributed by atoms with Crippen LogP contribution in [0.2, 0.25) is 0 Å². The second kappa shape index (κ2) is 7.56. The molecule has 0 fully saturated rings. The molecule has 0 radical (unpaired) electrons. The second-order valence-electron chi connectivity index (χ2n) is 3.21. The minimum atomic E-state index is -0.0200. The molecule has 1 rings (SSSR count). The molecule has 1 aromatic heterocycles. The van der Waals surface area contributed by atoms with Gasteiger partial charge in [-0.3, -0.25) is 4.79 Å². The monoisotopic (exact) mass is 334 g/mol. The number of nitrogens with one attached hydrogen (secondary N) is 1. The van der Waals surface area contributed by atoms with E-state index in [1.807, 2.05) is 13.0 Å². The lowest BCUT2D eigenvalue weighted by Gasteiger charge is -2.04. The van der Waals surface area contributed by atoms with Crippen molar-refractivity contribution in [3.8, 4) is 0 Å². The molecule has 0 saturated heterocycles.